The van der Waals surface area contributed by atoms with Crippen molar-refractivity contribution in [2.45, 2.75) is 43.7 Å². The monoisotopic (exact) mass is 370 g/mol. The molecule has 5 rings (SSSR count). The quantitative estimate of drug-likeness (QED) is 0.819. The molecule has 1 N–H and O–H groups in total. The first-order chi connectivity index (χ1) is 13.3. The molecule has 0 spiro atoms. The third-order valence-corrected chi connectivity index (χ3v) is 5.33. The molecule has 4 atom stereocenters. The first-order valence-corrected chi connectivity index (χ1v) is 9.40. The molecule has 27 heavy (non-hydrogen) atoms. The average Bonchev–Trinajstić information content (AvgIpc) is 3.11. The van der Waals surface area contributed by atoms with Crippen molar-refractivity contribution in [3.05, 3.63) is 42.2 Å². The molecule has 0 bridgehead atoms. The van der Waals surface area contributed by atoms with E-state index in [9.17, 15) is 4.79 Å². The zero-order chi connectivity index (χ0) is 18.2. The average molecular weight is 370 g/mol. The van der Waals surface area contributed by atoms with Crippen LogP contribution in [-0.4, -0.2) is 52.4 Å². The van der Waals surface area contributed by atoms with Gasteiger partial charge < -0.3 is 19.5 Å². The zero-order valence-electron chi connectivity index (χ0n) is 14.9. The van der Waals surface area contributed by atoms with Crippen LogP contribution in [0, 0.1) is 5.92 Å². The van der Waals surface area contributed by atoms with Crippen molar-refractivity contribution in [3.63, 3.8) is 0 Å². The van der Waals surface area contributed by atoms with Gasteiger partial charge in [-0.25, -0.2) is 4.68 Å². The van der Waals surface area contributed by atoms with E-state index in [2.05, 4.69) is 15.6 Å². The normalized spacial score (nSPS) is 29.5. The molecule has 1 saturated carbocycles. The van der Waals surface area contributed by atoms with E-state index >= 15 is 0 Å². The summed E-state index contributed by atoms with van der Waals surface area (Å²) in [4.78, 5) is 12.0. The van der Waals surface area contributed by atoms with Crippen molar-refractivity contribution in [3.8, 4) is 5.75 Å². The SMILES string of the molecule is O=C(N[C@H]1CO[C@H]2[C@@H]1OC[C@@H]2n1cc(COc2ccccc2)nn1)C1CC1. The maximum atomic E-state index is 12.0. The molecule has 1 aromatic heterocycles. The van der Waals surface area contributed by atoms with Crippen LogP contribution in [0.5, 0.6) is 5.75 Å². The van der Waals surface area contributed by atoms with Crippen LogP contribution in [0.2, 0.25) is 0 Å². The van der Waals surface area contributed by atoms with Crippen LogP contribution in [0.1, 0.15) is 24.6 Å². The molecule has 2 aromatic rings. The van der Waals surface area contributed by atoms with Crippen molar-refractivity contribution >= 4 is 5.91 Å². The lowest BCUT2D eigenvalue weighted by molar-refractivity contribution is -0.123. The minimum atomic E-state index is -0.133. The van der Waals surface area contributed by atoms with Crippen molar-refractivity contribution in [2.75, 3.05) is 13.2 Å². The lowest BCUT2D eigenvalue weighted by Crippen LogP contribution is -2.44. The summed E-state index contributed by atoms with van der Waals surface area (Å²) in [7, 11) is 0. The van der Waals surface area contributed by atoms with Crippen LogP contribution in [0.3, 0.4) is 0 Å². The van der Waals surface area contributed by atoms with E-state index in [1.165, 1.54) is 0 Å². The van der Waals surface area contributed by atoms with E-state index in [0.717, 1.165) is 24.3 Å². The minimum Gasteiger partial charge on any atom is -0.487 e. The molecule has 3 fully saturated rings. The zero-order valence-corrected chi connectivity index (χ0v) is 14.9. The third-order valence-electron chi connectivity index (χ3n) is 5.33. The number of nitrogens with one attached hydrogen (secondary N) is 1. The number of carbonyl (C=O) groups excluding carboxylic acids is 1. The Morgan fingerprint density at radius 3 is 2.81 bits per heavy atom. The van der Waals surface area contributed by atoms with Crippen molar-refractivity contribution in [2.24, 2.45) is 5.92 Å². The fourth-order valence-corrected chi connectivity index (χ4v) is 3.69. The predicted molar refractivity (Wildman–Crippen MR) is 94.0 cm³/mol. The Hall–Kier alpha value is -2.45. The van der Waals surface area contributed by atoms with Gasteiger partial charge in [0, 0.05) is 5.92 Å². The predicted octanol–water partition coefficient (Wildman–Crippen LogP) is 1.09. The second-order valence-electron chi connectivity index (χ2n) is 7.34. The lowest BCUT2D eigenvalue weighted by atomic mass is 10.1. The molecule has 0 unspecified atom stereocenters. The number of fused-ring (bicyclic) bond motifs is 1. The summed E-state index contributed by atoms with van der Waals surface area (Å²) in [6, 6.07) is 9.48. The van der Waals surface area contributed by atoms with Crippen LogP contribution in [0.25, 0.3) is 0 Å². The number of hydrogen-bond donors (Lipinski definition) is 1. The maximum absolute atomic E-state index is 12.0. The van der Waals surface area contributed by atoms with Crippen LogP contribution >= 0.6 is 0 Å². The van der Waals surface area contributed by atoms with Crippen molar-refractivity contribution < 1.29 is 19.0 Å². The lowest BCUT2D eigenvalue weighted by Gasteiger charge is -2.17. The summed E-state index contributed by atoms with van der Waals surface area (Å²) < 4.78 is 19.4. The van der Waals surface area contributed by atoms with Gasteiger partial charge in [0.05, 0.1) is 25.5 Å². The van der Waals surface area contributed by atoms with Gasteiger partial charge in [-0.3, -0.25) is 4.79 Å². The van der Waals surface area contributed by atoms with Gasteiger partial charge in [-0.15, -0.1) is 5.10 Å². The Kier molecular flexibility index (Phi) is 4.29. The number of nitrogens with zero attached hydrogens (tertiary/aromatic N) is 3. The summed E-state index contributed by atoms with van der Waals surface area (Å²) >= 11 is 0. The highest BCUT2D eigenvalue weighted by atomic mass is 16.6. The highest BCUT2D eigenvalue weighted by Gasteiger charge is 2.50. The van der Waals surface area contributed by atoms with Gasteiger partial charge >= 0.3 is 0 Å². The topological polar surface area (TPSA) is 87.5 Å². The summed E-state index contributed by atoms with van der Waals surface area (Å²) in [5.41, 5.74) is 0.749. The fraction of sp³-hybridized carbons (Fsp3) is 0.526. The molecule has 1 aliphatic carbocycles. The number of hydrogen-bond acceptors (Lipinski definition) is 6. The number of rotatable bonds is 6. The molecule has 2 aliphatic heterocycles. The number of amides is 1. The number of aromatic nitrogens is 3. The minimum absolute atomic E-state index is 0.0456. The summed E-state index contributed by atoms with van der Waals surface area (Å²) in [5, 5.41) is 11.5. The molecule has 3 heterocycles. The van der Waals surface area contributed by atoms with Crippen LogP contribution in [0.15, 0.2) is 36.5 Å². The van der Waals surface area contributed by atoms with Crippen LogP contribution < -0.4 is 10.1 Å². The van der Waals surface area contributed by atoms with Crippen molar-refractivity contribution in [1.82, 2.24) is 20.3 Å². The maximum Gasteiger partial charge on any atom is 0.223 e. The summed E-state index contributed by atoms with van der Waals surface area (Å²) in [6.45, 7) is 1.32. The Bertz CT molecular complexity index is 807. The Labute approximate surface area is 156 Å². The van der Waals surface area contributed by atoms with Crippen LogP contribution in [0.4, 0.5) is 0 Å². The Morgan fingerprint density at radius 1 is 1.19 bits per heavy atom. The molecule has 2 saturated heterocycles. The molecule has 1 aromatic carbocycles. The third kappa shape index (κ3) is 3.42. The summed E-state index contributed by atoms with van der Waals surface area (Å²) in [6.07, 6.45) is 3.59. The van der Waals surface area contributed by atoms with E-state index in [1.807, 2.05) is 36.5 Å². The van der Waals surface area contributed by atoms with E-state index < -0.39 is 0 Å². The number of para-hydroxylation sites is 1. The largest absolute Gasteiger partial charge is 0.487 e. The van der Waals surface area contributed by atoms with E-state index in [0.29, 0.717) is 19.8 Å². The van der Waals surface area contributed by atoms with Gasteiger partial charge in [-0.05, 0) is 25.0 Å². The van der Waals surface area contributed by atoms with E-state index in [4.69, 9.17) is 14.2 Å². The second-order valence-corrected chi connectivity index (χ2v) is 7.34. The first-order valence-electron chi connectivity index (χ1n) is 9.40. The molecule has 1 amide bonds. The molecule has 142 valence electrons. The van der Waals surface area contributed by atoms with Gasteiger partial charge in [0.1, 0.15) is 36.3 Å². The molecular formula is C19H22N4O4. The standard InChI is InChI=1S/C19H22N4O4/c24-19(12-6-7-12)20-15-10-26-18-16(11-27-17(15)18)23-8-13(21-22-23)9-25-14-4-2-1-3-5-14/h1-5,8,12,15-18H,6-7,9-11H2,(H,20,24)/t15-,16-,17+,18+/m0/s1. The molecule has 8 heteroatoms. The highest BCUT2D eigenvalue weighted by molar-refractivity contribution is 5.81. The molecule has 0 radical (unpaired) electrons. The highest BCUT2D eigenvalue weighted by Crippen LogP contribution is 2.35. The number of carbonyl (C=O) groups is 1. The molecular weight excluding hydrogens is 348 g/mol. The summed E-state index contributed by atoms with van der Waals surface area (Å²) in [5.74, 6) is 1.10. The van der Waals surface area contributed by atoms with Gasteiger partial charge in [-0.1, -0.05) is 23.4 Å². The number of ether oxygens (including phenoxy) is 3. The van der Waals surface area contributed by atoms with E-state index in [1.54, 1.807) is 4.68 Å². The Morgan fingerprint density at radius 2 is 2.00 bits per heavy atom. The van der Waals surface area contributed by atoms with Gasteiger partial charge in [0.15, 0.2) is 0 Å². The second kappa shape index (κ2) is 6.94. The van der Waals surface area contributed by atoms with Crippen molar-refractivity contribution in [1.29, 1.82) is 0 Å². The van der Waals surface area contributed by atoms with Gasteiger partial charge in [-0.2, -0.15) is 0 Å². The number of benzene rings is 1. The molecule has 8 nitrogen and oxygen atoms in total. The Balaban J connectivity index is 1.20. The first kappa shape index (κ1) is 16.7. The fourth-order valence-electron chi connectivity index (χ4n) is 3.69. The van der Waals surface area contributed by atoms with Gasteiger partial charge in [0.2, 0.25) is 5.91 Å². The van der Waals surface area contributed by atoms with Gasteiger partial charge in [0.25, 0.3) is 0 Å². The van der Waals surface area contributed by atoms with Crippen LogP contribution in [-0.2, 0) is 20.9 Å². The van der Waals surface area contributed by atoms with E-state index in [-0.39, 0.29) is 36.1 Å². The molecule has 3 aliphatic rings. The smallest absolute Gasteiger partial charge is 0.223 e.